The van der Waals surface area contributed by atoms with Crippen molar-refractivity contribution in [3.8, 4) is 5.75 Å². The third-order valence-corrected chi connectivity index (χ3v) is 3.36. The maximum atomic E-state index is 8.70. The number of hydrogen-bond donors (Lipinski definition) is 2. The van der Waals surface area contributed by atoms with Crippen LogP contribution in [0.25, 0.3) is 0 Å². The fourth-order valence-corrected chi connectivity index (χ4v) is 2.49. The first-order valence-corrected chi connectivity index (χ1v) is 6.85. The fraction of sp³-hybridized carbons (Fsp3) is 0.188. The van der Waals surface area contributed by atoms with Gasteiger partial charge in [0.15, 0.2) is 5.84 Å². The van der Waals surface area contributed by atoms with Crippen molar-refractivity contribution >= 4 is 17.4 Å². The molecule has 0 aliphatic carbocycles. The Hall–Kier alpha value is -2.20. The molecule has 0 aliphatic rings. The highest BCUT2D eigenvalue weighted by Gasteiger charge is 2.07. The molecule has 5 heteroatoms. The SMILES string of the molecule is Cc1cc(Cl)cc(C)c1OCc1cccc(/C(N)=N/O)c1. The van der Waals surface area contributed by atoms with E-state index < -0.39 is 0 Å². The Morgan fingerprint density at radius 1 is 1.24 bits per heavy atom. The minimum atomic E-state index is 0.0794. The first-order chi connectivity index (χ1) is 10.0. The number of ether oxygens (including phenoxy) is 1. The van der Waals surface area contributed by atoms with E-state index in [9.17, 15) is 0 Å². The lowest BCUT2D eigenvalue weighted by molar-refractivity contribution is 0.302. The topological polar surface area (TPSA) is 67.8 Å². The van der Waals surface area contributed by atoms with Crippen molar-refractivity contribution in [3.05, 3.63) is 63.7 Å². The van der Waals surface area contributed by atoms with E-state index in [4.69, 9.17) is 27.3 Å². The molecule has 4 nitrogen and oxygen atoms in total. The minimum Gasteiger partial charge on any atom is -0.488 e. The lowest BCUT2D eigenvalue weighted by Gasteiger charge is -2.13. The quantitative estimate of drug-likeness (QED) is 0.392. The predicted molar refractivity (Wildman–Crippen MR) is 84.2 cm³/mol. The number of rotatable bonds is 4. The molecule has 110 valence electrons. The standard InChI is InChI=1S/C16H17ClN2O2/c1-10-6-14(17)7-11(2)15(10)21-9-12-4-3-5-13(8-12)16(18)19-20/h3-8,20H,9H2,1-2H3,(H2,18,19). The van der Waals surface area contributed by atoms with Crippen LogP contribution in [0.1, 0.15) is 22.3 Å². The smallest absolute Gasteiger partial charge is 0.170 e. The number of amidine groups is 1. The van der Waals surface area contributed by atoms with Crippen molar-refractivity contribution in [2.75, 3.05) is 0 Å². The van der Waals surface area contributed by atoms with Gasteiger partial charge in [-0.15, -0.1) is 0 Å². The molecule has 0 heterocycles. The number of aryl methyl sites for hydroxylation is 2. The Kier molecular flexibility index (Phi) is 4.70. The van der Waals surface area contributed by atoms with Gasteiger partial charge < -0.3 is 15.7 Å². The first-order valence-electron chi connectivity index (χ1n) is 6.47. The summed E-state index contributed by atoms with van der Waals surface area (Å²) in [7, 11) is 0. The highest BCUT2D eigenvalue weighted by atomic mass is 35.5. The summed E-state index contributed by atoms with van der Waals surface area (Å²) in [6, 6.07) is 11.1. The van der Waals surface area contributed by atoms with Crippen LogP contribution < -0.4 is 10.5 Å². The molecule has 0 radical (unpaired) electrons. The highest BCUT2D eigenvalue weighted by Crippen LogP contribution is 2.27. The molecule has 21 heavy (non-hydrogen) atoms. The molecular weight excluding hydrogens is 288 g/mol. The number of halogens is 1. The summed E-state index contributed by atoms with van der Waals surface area (Å²) in [5, 5.41) is 12.4. The van der Waals surface area contributed by atoms with Crippen LogP contribution in [0.4, 0.5) is 0 Å². The van der Waals surface area contributed by atoms with Crippen LogP contribution in [0.2, 0.25) is 5.02 Å². The van der Waals surface area contributed by atoms with E-state index in [1.165, 1.54) is 0 Å². The van der Waals surface area contributed by atoms with Gasteiger partial charge in [-0.25, -0.2) is 0 Å². The van der Waals surface area contributed by atoms with E-state index >= 15 is 0 Å². The van der Waals surface area contributed by atoms with Crippen molar-refractivity contribution < 1.29 is 9.94 Å². The van der Waals surface area contributed by atoms with Crippen molar-refractivity contribution in [2.45, 2.75) is 20.5 Å². The Morgan fingerprint density at radius 3 is 2.52 bits per heavy atom. The molecule has 3 N–H and O–H groups in total. The monoisotopic (exact) mass is 304 g/mol. The summed E-state index contributed by atoms with van der Waals surface area (Å²) in [4.78, 5) is 0. The van der Waals surface area contributed by atoms with E-state index in [2.05, 4.69) is 5.16 Å². The molecule has 0 unspecified atom stereocenters. The van der Waals surface area contributed by atoms with Gasteiger partial charge in [-0.3, -0.25) is 0 Å². The van der Waals surface area contributed by atoms with Crippen molar-refractivity contribution in [1.29, 1.82) is 0 Å². The lowest BCUT2D eigenvalue weighted by atomic mass is 10.1. The largest absolute Gasteiger partial charge is 0.488 e. The van der Waals surface area contributed by atoms with E-state index in [-0.39, 0.29) is 5.84 Å². The molecule has 0 bridgehead atoms. The molecular formula is C16H17ClN2O2. The Morgan fingerprint density at radius 2 is 1.90 bits per heavy atom. The zero-order chi connectivity index (χ0) is 15.4. The van der Waals surface area contributed by atoms with E-state index in [0.717, 1.165) is 22.4 Å². The van der Waals surface area contributed by atoms with E-state index in [1.54, 1.807) is 6.07 Å². The normalized spacial score (nSPS) is 11.5. The fourth-order valence-electron chi connectivity index (χ4n) is 2.16. The van der Waals surface area contributed by atoms with Crippen LogP contribution in [0.5, 0.6) is 5.75 Å². The summed E-state index contributed by atoms with van der Waals surface area (Å²) in [6.45, 7) is 4.32. The molecule has 0 aromatic heterocycles. The third-order valence-electron chi connectivity index (χ3n) is 3.14. The summed E-state index contributed by atoms with van der Waals surface area (Å²) in [5.41, 5.74) is 9.16. The summed E-state index contributed by atoms with van der Waals surface area (Å²) in [5.74, 6) is 0.907. The van der Waals surface area contributed by atoms with Crippen LogP contribution in [-0.4, -0.2) is 11.0 Å². The zero-order valence-corrected chi connectivity index (χ0v) is 12.7. The van der Waals surface area contributed by atoms with Crippen molar-refractivity contribution in [1.82, 2.24) is 0 Å². The molecule has 2 aromatic rings. The molecule has 2 aromatic carbocycles. The van der Waals surface area contributed by atoms with Gasteiger partial charge in [-0.2, -0.15) is 0 Å². The van der Waals surface area contributed by atoms with Crippen LogP contribution >= 0.6 is 11.6 Å². The molecule has 0 fully saturated rings. The second kappa shape index (κ2) is 6.50. The molecule has 0 aliphatic heterocycles. The van der Waals surface area contributed by atoms with Gasteiger partial charge in [-0.1, -0.05) is 35.0 Å². The summed E-state index contributed by atoms with van der Waals surface area (Å²) < 4.78 is 5.88. The first kappa shape index (κ1) is 15.2. The Labute approximate surface area is 128 Å². The molecule has 0 saturated carbocycles. The number of hydrogen-bond acceptors (Lipinski definition) is 3. The summed E-state index contributed by atoms with van der Waals surface area (Å²) in [6.07, 6.45) is 0. The third kappa shape index (κ3) is 3.67. The van der Waals surface area contributed by atoms with Crippen LogP contribution in [-0.2, 0) is 6.61 Å². The van der Waals surface area contributed by atoms with Crippen LogP contribution in [0.15, 0.2) is 41.6 Å². The molecule has 0 atom stereocenters. The number of oxime groups is 1. The average molecular weight is 305 g/mol. The second-order valence-corrected chi connectivity index (χ2v) is 5.28. The Bertz CT molecular complexity index is 661. The zero-order valence-electron chi connectivity index (χ0n) is 11.9. The number of benzene rings is 2. The number of nitrogens with zero attached hydrogens (tertiary/aromatic N) is 1. The highest BCUT2D eigenvalue weighted by molar-refractivity contribution is 6.30. The van der Waals surface area contributed by atoms with Gasteiger partial charge in [0.1, 0.15) is 12.4 Å². The van der Waals surface area contributed by atoms with Crippen LogP contribution in [0.3, 0.4) is 0 Å². The van der Waals surface area contributed by atoms with E-state index in [0.29, 0.717) is 17.2 Å². The Balaban J connectivity index is 2.17. The molecule has 0 amide bonds. The van der Waals surface area contributed by atoms with Crippen molar-refractivity contribution in [2.24, 2.45) is 10.9 Å². The van der Waals surface area contributed by atoms with Gasteiger partial charge in [0.25, 0.3) is 0 Å². The van der Waals surface area contributed by atoms with Crippen LogP contribution in [0, 0.1) is 13.8 Å². The summed E-state index contributed by atoms with van der Waals surface area (Å²) >= 11 is 6.00. The van der Waals surface area contributed by atoms with Gasteiger partial charge >= 0.3 is 0 Å². The molecule has 0 spiro atoms. The molecule has 0 saturated heterocycles. The maximum Gasteiger partial charge on any atom is 0.170 e. The minimum absolute atomic E-state index is 0.0794. The second-order valence-electron chi connectivity index (χ2n) is 4.84. The maximum absolute atomic E-state index is 8.70. The molecule has 2 rings (SSSR count). The predicted octanol–water partition coefficient (Wildman–Crippen LogP) is 3.63. The van der Waals surface area contributed by atoms with Gasteiger partial charge in [-0.05, 0) is 48.7 Å². The average Bonchev–Trinajstić information content (AvgIpc) is 2.45. The van der Waals surface area contributed by atoms with Gasteiger partial charge in [0.05, 0.1) is 0 Å². The van der Waals surface area contributed by atoms with Gasteiger partial charge in [0.2, 0.25) is 0 Å². The lowest BCUT2D eigenvalue weighted by Crippen LogP contribution is -2.13. The van der Waals surface area contributed by atoms with Crippen molar-refractivity contribution in [3.63, 3.8) is 0 Å². The van der Waals surface area contributed by atoms with E-state index in [1.807, 2.05) is 44.2 Å². The number of nitrogens with two attached hydrogens (primary N) is 1. The van der Waals surface area contributed by atoms with Gasteiger partial charge in [0, 0.05) is 10.6 Å².